The van der Waals surface area contributed by atoms with E-state index in [1.807, 2.05) is 26.0 Å². The molecule has 34 heavy (non-hydrogen) atoms. The maximum Gasteiger partial charge on any atom is 0.261 e. The van der Waals surface area contributed by atoms with Crippen molar-refractivity contribution in [2.24, 2.45) is 5.92 Å². The lowest BCUT2D eigenvalue weighted by molar-refractivity contribution is 0.0939. The van der Waals surface area contributed by atoms with Crippen LogP contribution in [0.1, 0.15) is 50.0 Å². The van der Waals surface area contributed by atoms with Gasteiger partial charge >= 0.3 is 0 Å². The van der Waals surface area contributed by atoms with Gasteiger partial charge in [-0.05, 0) is 73.7 Å². The fraction of sp³-hybridized carbons (Fsp3) is 0.308. The van der Waals surface area contributed by atoms with Gasteiger partial charge in [-0.2, -0.15) is 0 Å². The summed E-state index contributed by atoms with van der Waals surface area (Å²) in [5.74, 6) is 1.14. The van der Waals surface area contributed by atoms with Gasteiger partial charge in [0.15, 0.2) is 0 Å². The minimum Gasteiger partial charge on any atom is -0.439 e. The highest BCUT2D eigenvalue weighted by Gasteiger charge is 2.15. The molecule has 0 unspecified atom stereocenters. The Hall–Kier alpha value is -3.39. The summed E-state index contributed by atoms with van der Waals surface area (Å²) >= 11 is 0. The second-order valence-corrected chi connectivity index (χ2v) is 10.3. The third-order valence-corrected chi connectivity index (χ3v) is 6.59. The number of carbonyl (C=O) groups is 1. The van der Waals surface area contributed by atoms with Crippen LogP contribution in [0.15, 0.2) is 71.8 Å². The van der Waals surface area contributed by atoms with Crippen molar-refractivity contribution in [1.82, 2.24) is 10.3 Å². The first-order valence-corrected chi connectivity index (χ1v) is 12.8. The number of amides is 1. The second kappa shape index (κ2) is 11.2. The quantitative estimate of drug-likeness (QED) is 0.404. The number of aromatic nitrogens is 1. The van der Waals surface area contributed by atoms with Gasteiger partial charge in [0, 0.05) is 24.0 Å². The normalized spacial score (nSPS) is 12.3. The van der Waals surface area contributed by atoms with E-state index >= 15 is 0 Å². The first-order chi connectivity index (χ1) is 16.2. The number of anilines is 1. The summed E-state index contributed by atoms with van der Waals surface area (Å²) in [6, 6.07) is 16.8. The Balaban J connectivity index is 1.61. The molecule has 1 atom stereocenters. The van der Waals surface area contributed by atoms with Gasteiger partial charge in [0.1, 0.15) is 5.75 Å². The Kier molecular flexibility index (Phi) is 8.28. The molecule has 0 saturated carbocycles. The van der Waals surface area contributed by atoms with Crippen LogP contribution in [-0.2, 0) is 16.4 Å². The fourth-order valence-corrected chi connectivity index (χ4v) is 4.24. The molecule has 7 nitrogen and oxygen atoms in total. The summed E-state index contributed by atoms with van der Waals surface area (Å²) in [4.78, 5) is 16.5. The summed E-state index contributed by atoms with van der Waals surface area (Å²) in [6.45, 7) is 8.19. The van der Waals surface area contributed by atoms with Gasteiger partial charge in [0.25, 0.3) is 15.9 Å². The predicted molar refractivity (Wildman–Crippen MR) is 134 cm³/mol. The highest BCUT2D eigenvalue weighted by Crippen LogP contribution is 2.23. The third kappa shape index (κ3) is 7.05. The van der Waals surface area contributed by atoms with E-state index < -0.39 is 10.0 Å². The van der Waals surface area contributed by atoms with Crippen molar-refractivity contribution >= 4 is 21.6 Å². The summed E-state index contributed by atoms with van der Waals surface area (Å²) < 4.78 is 33.7. The molecule has 0 radical (unpaired) electrons. The van der Waals surface area contributed by atoms with Crippen molar-refractivity contribution in [2.45, 2.75) is 51.5 Å². The highest BCUT2D eigenvalue weighted by molar-refractivity contribution is 7.92. The Morgan fingerprint density at radius 3 is 2.21 bits per heavy atom. The van der Waals surface area contributed by atoms with Gasteiger partial charge in [0.05, 0.1) is 10.5 Å². The van der Waals surface area contributed by atoms with Crippen molar-refractivity contribution < 1.29 is 17.9 Å². The largest absolute Gasteiger partial charge is 0.439 e. The number of benzene rings is 2. The van der Waals surface area contributed by atoms with E-state index in [1.165, 1.54) is 6.20 Å². The zero-order valence-corrected chi connectivity index (χ0v) is 20.7. The number of sulfonamides is 1. The maximum atomic E-state index is 12.7. The molecule has 180 valence electrons. The monoisotopic (exact) mass is 481 g/mol. The number of carbonyl (C=O) groups excluding carboxylic acids is 1. The summed E-state index contributed by atoms with van der Waals surface area (Å²) in [5.41, 5.74) is 1.98. The lowest BCUT2D eigenvalue weighted by Gasteiger charge is -2.12. The third-order valence-electron chi connectivity index (χ3n) is 5.19. The van der Waals surface area contributed by atoms with Crippen LogP contribution < -0.4 is 14.8 Å². The molecular weight excluding hydrogens is 450 g/mol. The molecule has 0 bridgehead atoms. The summed E-state index contributed by atoms with van der Waals surface area (Å²) in [5, 5.41) is 2.89. The molecule has 1 heterocycles. The van der Waals surface area contributed by atoms with E-state index in [2.05, 4.69) is 28.9 Å². The van der Waals surface area contributed by atoms with Gasteiger partial charge in [-0.3, -0.25) is 9.52 Å². The minimum absolute atomic E-state index is 0.0867. The number of rotatable bonds is 10. The van der Waals surface area contributed by atoms with Crippen molar-refractivity contribution in [3.05, 3.63) is 78.0 Å². The van der Waals surface area contributed by atoms with E-state index in [0.29, 0.717) is 28.8 Å². The van der Waals surface area contributed by atoms with Crippen molar-refractivity contribution in [3.8, 4) is 11.6 Å². The van der Waals surface area contributed by atoms with Gasteiger partial charge < -0.3 is 10.1 Å². The Labute approximate surface area is 201 Å². The maximum absolute atomic E-state index is 12.7. The molecule has 0 aliphatic carbocycles. The average molecular weight is 482 g/mol. The molecule has 3 aromatic rings. The van der Waals surface area contributed by atoms with E-state index in [0.717, 1.165) is 18.4 Å². The topological polar surface area (TPSA) is 97.4 Å². The molecule has 0 saturated heterocycles. The molecule has 3 rings (SSSR count). The smallest absolute Gasteiger partial charge is 0.261 e. The zero-order valence-electron chi connectivity index (χ0n) is 19.9. The first-order valence-electron chi connectivity index (χ1n) is 11.3. The molecule has 0 fully saturated rings. The molecular formula is C26H31N3O4S. The van der Waals surface area contributed by atoms with Crippen LogP contribution in [0.5, 0.6) is 11.6 Å². The van der Waals surface area contributed by atoms with Crippen molar-refractivity contribution in [1.29, 1.82) is 0 Å². The van der Waals surface area contributed by atoms with E-state index in [9.17, 15) is 13.2 Å². The van der Waals surface area contributed by atoms with E-state index in [4.69, 9.17) is 4.74 Å². The summed E-state index contributed by atoms with van der Waals surface area (Å²) in [7, 11) is -3.70. The highest BCUT2D eigenvalue weighted by atomic mass is 32.2. The number of nitrogens with zero attached hydrogens (tertiary/aromatic N) is 1. The van der Waals surface area contributed by atoms with Gasteiger partial charge in [-0.25, -0.2) is 13.4 Å². The molecule has 1 aromatic heterocycles. The number of pyridine rings is 1. The number of nitrogens with one attached hydrogen (secondary N) is 2. The van der Waals surface area contributed by atoms with Gasteiger partial charge in [-0.1, -0.05) is 32.9 Å². The number of ether oxygens (including phenoxy) is 1. The van der Waals surface area contributed by atoms with Crippen molar-refractivity contribution in [3.63, 3.8) is 0 Å². The first kappa shape index (κ1) is 25.2. The zero-order chi connectivity index (χ0) is 24.7. The molecule has 8 heteroatoms. The van der Waals surface area contributed by atoms with Crippen LogP contribution in [0.25, 0.3) is 0 Å². The number of hydrogen-bond donors (Lipinski definition) is 2. The molecule has 1 amide bonds. The van der Waals surface area contributed by atoms with Crippen LogP contribution in [0.4, 0.5) is 5.69 Å². The molecule has 0 aliphatic heterocycles. The molecule has 2 N–H and O–H groups in total. The fourth-order valence-electron chi connectivity index (χ4n) is 3.19. The van der Waals surface area contributed by atoms with Crippen molar-refractivity contribution in [2.75, 3.05) is 4.72 Å². The van der Waals surface area contributed by atoms with E-state index in [1.54, 1.807) is 48.5 Å². The van der Waals surface area contributed by atoms with Crippen LogP contribution in [0, 0.1) is 5.92 Å². The van der Waals surface area contributed by atoms with Crippen LogP contribution in [-0.4, -0.2) is 25.4 Å². The Morgan fingerprint density at radius 2 is 1.65 bits per heavy atom. The summed E-state index contributed by atoms with van der Waals surface area (Å²) in [6.07, 6.45) is 3.21. The SMILES string of the molecule is CC[C@H](C)NC(=O)c1ccc(Oc2ccc(NS(=O)(=O)c3ccc(CC(C)C)cc3)cc2)nc1. The lowest BCUT2D eigenvalue weighted by Crippen LogP contribution is -2.31. The van der Waals surface area contributed by atoms with Gasteiger partial charge in [-0.15, -0.1) is 0 Å². The van der Waals surface area contributed by atoms with Gasteiger partial charge in [0.2, 0.25) is 5.88 Å². The Bertz CT molecular complexity index is 1190. The standard InChI is InChI=1S/C26H31N3O4S/c1-5-19(4)28-26(30)21-8-15-25(27-17-21)33-23-11-9-22(10-12-23)29-34(31,32)24-13-6-20(7-14-24)16-18(2)3/h6-15,17-19,29H,5,16H2,1-4H3,(H,28,30)/t19-/m0/s1. The average Bonchev–Trinajstić information content (AvgIpc) is 2.80. The predicted octanol–water partition coefficient (Wildman–Crippen LogP) is 5.40. The molecule has 0 spiro atoms. The van der Waals surface area contributed by atoms with Crippen LogP contribution >= 0.6 is 0 Å². The van der Waals surface area contributed by atoms with Crippen LogP contribution in [0.2, 0.25) is 0 Å². The minimum atomic E-state index is -3.70. The van der Waals surface area contributed by atoms with E-state index in [-0.39, 0.29) is 16.8 Å². The lowest BCUT2D eigenvalue weighted by atomic mass is 10.0. The Morgan fingerprint density at radius 1 is 0.971 bits per heavy atom. The molecule has 0 aliphatic rings. The molecule has 2 aromatic carbocycles. The van der Waals surface area contributed by atoms with Crippen LogP contribution in [0.3, 0.4) is 0 Å². The number of hydrogen-bond acceptors (Lipinski definition) is 5. The second-order valence-electron chi connectivity index (χ2n) is 8.64.